The average Bonchev–Trinajstić information content (AvgIpc) is 2.83. The summed E-state index contributed by atoms with van der Waals surface area (Å²) in [5, 5.41) is 9.54. The van der Waals surface area contributed by atoms with Crippen molar-refractivity contribution in [1.82, 2.24) is 19.8 Å². The minimum atomic E-state index is -3.58. The zero-order chi connectivity index (χ0) is 15.2. The third kappa shape index (κ3) is 4.27. The number of H-pyrrole nitrogens is 1. The summed E-state index contributed by atoms with van der Waals surface area (Å²) in [6.07, 6.45) is 1.53. The van der Waals surface area contributed by atoms with Crippen molar-refractivity contribution in [2.24, 2.45) is 5.92 Å². The molecule has 8 heteroatoms. The van der Waals surface area contributed by atoms with E-state index < -0.39 is 10.0 Å². The molecule has 0 bridgehead atoms. The molecule has 2 N–H and O–H groups in total. The molecule has 1 rings (SSSR count). The molecule has 1 aromatic rings. The lowest BCUT2D eigenvalue weighted by atomic mass is 10.2. The number of ether oxygens (including phenoxy) is 1. The first-order valence-corrected chi connectivity index (χ1v) is 8.03. The molecule has 0 aliphatic rings. The second-order valence-electron chi connectivity index (χ2n) is 5.00. The van der Waals surface area contributed by atoms with Gasteiger partial charge in [0.25, 0.3) is 10.0 Å². The number of hydrogen-bond donors (Lipinski definition) is 2. The van der Waals surface area contributed by atoms with Gasteiger partial charge >= 0.3 is 0 Å². The molecular weight excluding hydrogens is 280 g/mol. The molecular formula is C12H24N4O3S. The van der Waals surface area contributed by atoms with Gasteiger partial charge < -0.3 is 10.1 Å². The molecule has 116 valence electrons. The van der Waals surface area contributed by atoms with Crippen LogP contribution in [0, 0.1) is 5.92 Å². The van der Waals surface area contributed by atoms with E-state index in [1.165, 1.54) is 10.5 Å². The molecule has 0 aromatic carbocycles. The number of nitrogens with zero attached hydrogens (tertiary/aromatic N) is 2. The Balaban J connectivity index is 3.04. The van der Waals surface area contributed by atoms with Crippen molar-refractivity contribution >= 4 is 10.0 Å². The van der Waals surface area contributed by atoms with Crippen molar-refractivity contribution in [1.29, 1.82) is 0 Å². The maximum Gasteiger partial charge on any atom is 0.260 e. The highest BCUT2D eigenvalue weighted by atomic mass is 32.2. The lowest BCUT2D eigenvalue weighted by molar-refractivity contribution is 0.175. The molecule has 0 unspecified atom stereocenters. The summed E-state index contributed by atoms with van der Waals surface area (Å²) in [6.45, 7) is 5.55. The predicted molar refractivity (Wildman–Crippen MR) is 76.8 cm³/mol. The Hall–Kier alpha value is -0.960. The summed E-state index contributed by atoms with van der Waals surface area (Å²) < 4.78 is 31.8. The summed E-state index contributed by atoms with van der Waals surface area (Å²) >= 11 is 0. The number of hydrogen-bond acceptors (Lipinski definition) is 5. The number of nitrogens with one attached hydrogen (secondary N) is 2. The number of sulfonamides is 1. The van der Waals surface area contributed by atoms with Crippen molar-refractivity contribution in [2.45, 2.75) is 25.4 Å². The van der Waals surface area contributed by atoms with Crippen LogP contribution in [0.5, 0.6) is 0 Å². The monoisotopic (exact) mass is 304 g/mol. The van der Waals surface area contributed by atoms with E-state index in [9.17, 15) is 8.42 Å². The second-order valence-corrected chi connectivity index (χ2v) is 6.88. The molecule has 1 aromatic heterocycles. The Bertz CT molecular complexity index is 499. The van der Waals surface area contributed by atoms with Gasteiger partial charge in [-0.25, -0.2) is 8.42 Å². The van der Waals surface area contributed by atoms with Gasteiger partial charge in [-0.1, -0.05) is 13.8 Å². The first-order valence-electron chi connectivity index (χ1n) is 6.59. The summed E-state index contributed by atoms with van der Waals surface area (Å²) in [7, 11) is -0.260. The van der Waals surface area contributed by atoms with E-state index in [4.69, 9.17) is 4.74 Å². The van der Waals surface area contributed by atoms with E-state index in [1.54, 1.807) is 14.2 Å². The van der Waals surface area contributed by atoms with E-state index in [2.05, 4.69) is 15.5 Å². The van der Waals surface area contributed by atoms with Crippen LogP contribution in [-0.4, -0.2) is 56.8 Å². The van der Waals surface area contributed by atoms with Crippen LogP contribution in [0.3, 0.4) is 0 Å². The van der Waals surface area contributed by atoms with Gasteiger partial charge in [-0.3, -0.25) is 5.10 Å². The van der Waals surface area contributed by atoms with Crippen LogP contribution in [0.2, 0.25) is 0 Å². The molecule has 0 atom stereocenters. The van der Waals surface area contributed by atoms with E-state index in [0.717, 1.165) is 0 Å². The Labute approximate surface area is 120 Å². The normalized spacial score (nSPS) is 12.5. The molecule has 0 saturated heterocycles. The molecule has 1 heterocycles. The van der Waals surface area contributed by atoms with Crippen LogP contribution in [-0.2, 0) is 21.3 Å². The number of methoxy groups -OCH3 is 1. The van der Waals surface area contributed by atoms with Crippen LogP contribution in [0.15, 0.2) is 11.2 Å². The maximum absolute atomic E-state index is 12.7. The van der Waals surface area contributed by atoms with Crippen LogP contribution in [0.25, 0.3) is 0 Å². The topological polar surface area (TPSA) is 87.3 Å². The molecule has 0 aliphatic carbocycles. The van der Waals surface area contributed by atoms with Crippen molar-refractivity contribution in [3.63, 3.8) is 0 Å². The van der Waals surface area contributed by atoms with Crippen molar-refractivity contribution in [2.75, 3.05) is 33.9 Å². The van der Waals surface area contributed by atoms with Crippen LogP contribution < -0.4 is 5.32 Å². The molecule has 0 radical (unpaired) electrons. The van der Waals surface area contributed by atoms with Gasteiger partial charge in [0, 0.05) is 32.3 Å². The highest BCUT2D eigenvalue weighted by Crippen LogP contribution is 2.18. The van der Waals surface area contributed by atoms with Crippen molar-refractivity contribution in [3.8, 4) is 0 Å². The SMILES string of the molecule is CNCc1cn[nH]c1S(=O)(=O)N(CCOC)CC(C)C. The highest BCUT2D eigenvalue weighted by molar-refractivity contribution is 7.89. The van der Waals surface area contributed by atoms with E-state index in [-0.39, 0.29) is 10.9 Å². The van der Waals surface area contributed by atoms with Gasteiger partial charge in [-0.15, -0.1) is 0 Å². The second kappa shape index (κ2) is 7.72. The lowest BCUT2D eigenvalue weighted by Gasteiger charge is -2.23. The largest absolute Gasteiger partial charge is 0.383 e. The highest BCUT2D eigenvalue weighted by Gasteiger charge is 2.28. The molecule has 0 saturated carbocycles. The zero-order valence-corrected chi connectivity index (χ0v) is 13.3. The first kappa shape index (κ1) is 17.1. The van der Waals surface area contributed by atoms with Gasteiger partial charge in [0.15, 0.2) is 5.03 Å². The average molecular weight is 304 g/mol. The molecule has 0 aliphatic heterocycles. The fraction of sp³-hybridized carbons (Fsp3) is 0.750. The fourth-order valence-corrected chi connectivity index (χ4v) is 3.57. The Morgan fingerprint density at radius 1 is 1.50 bits per heavy atom. The van der Waals surface area contributed by atoms with Gasteiger partial charge in [0.05, 0.1) is 12.8 Å². The van der Waals surface area contributed by atoms with Gasteiger partial charge in [-0.2, -0.15) is 9.40 Å². The third-order valence-electron chi connectivity index (χ3n) is 2.76. The number of aromatic nitrogens is 2. The summed E-state index contributed by atoms with van der Waals surface area (Å²) in [5.74, 6) is 0.234. The molecule has 7 nitrogen and oxygen atoms in total. The van der Waals surface area contributed by atoms with Crippen LogP contribution in [0.4, 0.5) is 0 Å². The van der Waals surface area contributed by atoms with Crippen molar-refractivity contribution < 1.29 is 13.2 Å². The van der Waals surface area contributed by atoms with E-state index in [1.807, 2.05) is 13.8 Å². The molecule has 0 amide bonds. The molecule has 0 spiro atoms. The van der Waals surface area contributed by atoms with E-state index in [0.29, 0.717) is 31.8 Å². The fourth-order valence-electron chi connectivity index (χ4n) is 1.88. The first-order chi connectivity index (χ1) is 9.43. The van der Waals surface area contributed by atoms with Gasteiger partial charge in [0.1, 0.15) is 0 Å². The van der Waals surface area contributed by atoms with Gasteiger partial charge in [-0.05, 0) is 13.0 Å². The number of rotatable bonds is 9. The Morgan fingerprint density at radius 2 is 2.20 bits per heavy atom. The smallest absolute Gasteiger partial charge is 0.260 e. The molecule has 20 heavy (non-hydrogen) atoms. The van der Waals surface area contributed by atoms with Crippen molar-refractivity contribution in [3.05, 3.63) is 11.8 Å². The Morgan fingerprint density at radius 3 is 2.75 bits per heavy atom. The van der Waals surface area contributed by atoms with Crippen LogP contribution in [0.1, 0.15) is 19.4 Å². The van der Waals surface area contributed by atoms with Crippen LogP contribution >= 0.6 is 0 Å². The minimum absolute atomic E-state index is 0.156. The maximum atomic E-state index is 12.7. The van der Waals surface area contributed by atoms with E-state index >= 15 is 0 Å². The summed E-state index contributed by atoms with van der Waals surface area (Å²) in [5.41, 5.74) is 0.638. The third-order valence-corrected chi connectivity index (χ3v) is 4.64. The lowest BCUT2D eigenvalue weighted by Crippen LogP contribution is -2.37. The Kier molecular flexibility index (Phi) is 6.60. The predicted octanol–water partition coefficient (Wildman–Crippen LogP) is 0.422. The summed E-state index contributed by atoms with van der Waals surface area (Å²) in [6, 6.07) is 0. The zero-order valence-electron chi connectivity index (χ0n) is 12.5. The van der Waals surface area contributed by atoms with Gasteiger partial charge in [0.2, 0.25) is 0 Å². The minimum Gasteiger partial charge on any atom is -0.383 e. The molecule has 0 fully saturated rings. The standard InChI is InChI=1S/C12H24N4O3S/c1-10(2)9-16(5-6-19-4)20(17,18)12-11(7-13-3)8-14-15-12/h8,10,13H,5-7,9H2,1-4H3,(H,14,15). The summed E-state index contributed by atoms with van der Waals surface area (Å²) in [4.78, 5) is 0. The quantitative estimate of drug-likeness (QED) is 0.690. The number of aromatic amines is 1.